The highest BCUT2D eigenvalue weighted by atomic mass is 19.1. The Morgan fingerprint density at radius 3 is 2.53 bits per heavy atom. The molecule has 1 heterocycles. The van der Waals surface area contributed by atoms with Crippen LogP contribution in [-0.2, 0) is 4.79 Å². The first-order valence-corrected chi connectivity index (χ1v) is 11.7. The summed E-state index contributed by atoms with van der Waals surface area (Å²) in [6.07, 6.45) is 7.59. The van der Waals surface area contributed by atoms with Gasteiger partial charge in [0, 0.05) is 24.7 Å². The molecule has 2 amide bonds. The number of amides is 2. The van der Waals surface area contributed by atoms with E-state index in [4.69, 9.17) is 9.47 Å². The minimum atomic E-state index is -0.810. The number of nitrogens with one attached hydrogen (secondary N) is 1. The number of methoxy groups -OCH3 is 2. The number of allylic oxidation sites excluding steroid dienone is 1. The van der Waals surface area contributed by atoms with E-state index in [1.807, 2.05) is 0 Å². The molecule has 180 valence electrons. The molecule has 6 nitrogen and oxygen atoms in total. The Morgan fingerprint density at radius 2 is 1.85 bits per heavy atom. The number of carbonyl (C=O) groups is 2. The highest BCUT2D eigenvalue weighted by Crippen LogP contribution is 2.46. The number of halogens is 1. The molecule has 2 aromatic rings. The third-order valence-corrected chi connectivity index (χ3v) is 6.81. The van der Waals surface area contributed by atoms with E-state index in [-0.39, 0.29) is 11.8 Å². The van der Waals surface area contributed by atoms with E-state index in [0.717, 1.165) is 19.3 Å². The summed E-state index contributed by atoms with van der Waals surface area (Å²) >= 11 is 0. The number of fused-ring (bicyclic) bond motifs is 1. The van der Waals surface area contributed by atoms with Crippen molar-refractivity contribution in [1.82, 2.24) is 10.2 Å². The van der Waals surface area contributed by atoms with Crippen LogP contribution in [0.2, 0.25) is 0 Å². The molecule has 2 aliphatic rings. The molecule has 0 saturated heterocycles. The molecule has 1 aliphatic carbocycles. The fourth-order valence-corrected chi connectivity index (χ4v) is 5.02. The van der Waals surface area contributed by atoms with Crippen molar-refractivity contribution >= 4 is 11.8 Å². The predicted octanol–water partition coefficient (Wildman–Crippen LogP) is 4.76. The molecule has 2 unspecified atom stereocenters. The van der Waals surface area contributed by atoms with Gasteiger partial charge in [-0.15, -0.1) is 0 Å². The maximum atomic E-state index is 14.9. The third-order valence-electron chi connectivity index (χ3n) is 6.81. The van der Waals surface area contributed by atoms with Gasteiger partial charge in [0.2, 0.25) is 5.91 Å². The van der Waals surface area contributed by atoms with Crippen molar-refractivity contribution in [3.63, 3.8) is 0 Å². The lowest BCUT2D eigenvalue weighted by atomic mass is 9.79. The molecule has 0 saturated carbocycles. The summed E-state index contributed by atoms with van der Waals surface area (Å²) in [4.78, 5) is 28.4. The minimum Gasteiger partial charge on any atom is -0.493 e. The van der Waals surface area contributed by atoms with Gasteiger partial charge >= 0.3 is 0 Å². The number of hydrogen-bond acceptors (Lipinski definition) is 4. The predicted molar refractivity (Wildman–Crippen MR) is 128 cm³/mol. The summed E-state index contributed by atoms with van der Waals surface area (Å²) in [6.45, 7) is 0.492. The molecule has 34 heavy (non-hydrogen) atoms. The summed E-state index contributed by atoms with van der Waals surface area (Å²) in [6, 6.07) is 8.75. The molecule has 2 atom stereocenters. The van der Waals surface area contributed by atoms with Gasteiger partial charge in [-0.05, 0) is 55.9 Å². The third kappa shape index (κ3) is 4.52. The zero-order valence-corrected chi connectivity index (χ0v) is 19.9. The largest absolute Gasteiger partial charge is 0.493 e. The molecule has 7 heteroatoms. The number of nitrogens with zero attached hydrogens (tertiary/aromatic N) is 1. The Hall–Kier alpha value is -3.35. The number of benzene rings is 2. The van der Waals surface area contributed by atoms with Gasteiger partial charge in [-0.3, -0.25) is 9.59 Å². The van der Waals surface area contributed by atoms with Gasteiger partial charge in [0.05, 0.1) is 26.2 Å². The molecule has 2 aromatic carbocycles. The van der Waals surface area contributed by atoms with Crippen LogP contribution < -0.4 is 14.8 Å². The highest BCUT2D eigenvalue weighted by molar-refractivity contribution is 6.02. The molecule has 1 aliphatic heterocycles. The van der Waals surface area contributed by atoms with Crippen LogP contribution in [0.4, 0.5) is 4.39 Å². The van der Waals surface area contributed by atoms with Gasteiger partial charge in [0.1, 0.15) is 5.82 Å². The van der Waals surface area contributed by atoms with Crippen molar-refractivity contribution in [2.24, 2.45) is 0 Å². The first-order valence-electron chi connectivity index (χ1n) is 11.7. The molecule has 0 bridgehead atoms. The fourth-order valence-electron chi connectivity index (χ4n) is 5.02. The molecule has 0 fully saturated rings. The van der Waals surface area contributed by atoms with Gasteiger partial charge in [0.15, 0.2) is 11.5 Å². The molecular formula is C27H31FN2O4. The number of likely N-dealkylation sites (N-methyl/N-ethyl adjacent to an activating group) is 1. The van der Waals surface area contributed by atoms with Crippen molar-refractivity contribution in [3.05, 3.63) is 70.6 Å². The SMILES string of the molecule is COc1cc2c(cc1OC)C(C(=O)NCCC1=CCCCC1)C(c1ccccc1F)N(C)C2=O. The lowest BCUT2D eigenvalue weighted by molar-refractivity contribution is -0.124. The lowest BCUT2D eigenvalue weighted by Crippen LogP contribution is -2.46. The topological polar surface area (TPSA) is 67.9 Å². The van der Waals surface area contributed by atoms with E-state index >= 15 is 0 Å². The number of hydrogen-bond donors (Lipinski definition) is 1. The average molecular weight is 467 g/mol. The van der Waals surface area contributed by atoms with E-state index in [1.165, 1.54) is 43.6 Å². The Kier molecular flexibility index (Phi) is 7.20. The van der Waals surface area contributed by atoms with Crippen LogP contribution in [0.15, 0.2) is 48.0 Å². The second kappa shape index (κ2) is 10.3. The van der Waals surface area contributed by atoms with Crippen LogP contribution >= 0.6 is 0 Å². The zero-order valence-electron chi connectivity index (χ0n) is 19.9. The number of carbonyl (C=O) groups excluding carboxylic acids is 2. The minimum absolute atomic E-state index is 0.252. The van der Waals surface area contributed by atoms with E-state index < -0.39 is 17.8 Å². The molecule has 0 spiro atoms. The molecule has 1 N–H and O–H groups in total. The summed E-state index contributed by atoms with van der Waals surface area (Å²) < 4.78 is 25.8. The van der Waals surface area contributed by atoms with Crippen molar-refractivity contribution in [2.45, 2.75) is 44.1 Å². The van der Waals surface area contributed by atoms with Crippen LogP contribution in [0.5, 0.6) is 11.5 Å². The normalized spacial score (nSPS) is 19.8. The first-order chi connectivity index (χ1) is 16.5. The van der Waals surface area contributed by atoms with Crippen LogP contribution in [0.25, 0.3) is 0 Å². The fraction of sp³-hybridized carbons (Fsp3) is 0.407. The standard InChI is InChI=1S/C27H31FN2O4/c1-30-25(18-11-7-8-12-21(18)28)24(26(31)29-14-13-17-9-5-4-6-10-17)19-15-22(33-2)23(34-3)16-20(19)27(30)32/h7-9,11-12,15-16,24-25H,4-6,10,13-14H2,1-3H3,(H,29,31). The lowest BCUT2D eigenvalue weighted by Gasteiger charge is -2.40. The van der Waals surface area contributed by atoms with Gasteiger partial charge in [-0.2, -0.15) is 0 Å². The van der Waals surface area contributed by atoms with E-state index in [0.29, 0.717) is 34.7 Å². The van der Waals surface area contributed by atoms with Crippen LogP contribution in [-0.4, -0.2) is 44.5 Å². The number of ether oxygens (including phenoxy) is 2. The van der Waals surface area contributed by atoms with E-state index in [1.54, 1.807) is 37.4 Å². The zero-order chi connectivity index (χ0) is 24.2. The van der Waals surface area contributed by atoms with Crippen molar-refractivity contribution in [3.8, 4) is 11.5 Å². The van der Waals surface area contributed by atoms with Crippen LogP contribution in [0.1, 0.15) is 65.5 Å². The Balaban J connectivity index is 1.74. The maximum Gasteiger partial charge on any atom is 0.254 e. The summed E-state index contributed by atoms with van der Waals surface area (Å²) in [5.41, 5.74) is 2.51. The smallest absolute Gasteiger partial charge is 0.254 e. The molecular weight excluding hydrogens is 435 g/mol. The van der Waals surface area contributed by atoms with E-state index in [2.05, 4.69) is 11.4 Å². The maximum absolute atomic E-state index is 14.9. The molecule has 0 radical (unpaired) electrons. The van der Waals surface area contributed by atoms with Crippen molar-refractivity contribution in [2.75, 3.05) is 27.8 Å². The van der Waals surface area contributed by atoms with Gasteiger partial charge in [-0.25, -0.2) is 4.39 Å². The summed E-state index contributed by atoms with van der Waals surface area (Å²) in [5.74, 6) is -1.01. The quantitative estimate of drug-likeness (QED) is 0.598. The Morgan fingerprint density at radius 1 is 1.12 bits per heavy atom. The second-order valence-corrected chi connectivity index (χ2v) is 8.80. The Bertz CT molecular complexity index is 1110. The van der Waals surface area contributed by atoms with Gasteiger partial charge < -0.3 is 19.7 Å². The summed E-state index contributed by atoms with van der Waals surface area (Å²) in [7, 11) is 4.60. The summed E-state index contributed by atoms with van der Waals surface area (Å²) in [5, 5.41) is 3.05. The van der Waals surface area contributed by atoms with E-state index in [9.17, 15) is 14.0 Å². The van der Waals surface area contributed by atoms with Crippen LogP contribution in [0, 0.1) is 5.82 Å². The monoisotopic (exact) mass is 466 g/mol. The molecule has 4 rings (SSSR count). The highest BCUT2D eigenvalue weighted by Gasteiger charge is 2.44. The van der Waals surface area contributed by atoms with Crippen molar-refractivity contribution in [1.29, 1.82) is 0 Å². The second-order valence-electron chi connectivity index (χ2n) is 8.80. The van der Waals surface area contributed by atoms with Gasteiger partial charge in [-0.1, -0.05) is 29.8 Å². The first kappa shape index (κ1) is 23.8. The average Bonchev–Trinajstić information content (AvgIpc) is 2.86. The molecule has 0 aromatic heterocycles. The van der Waals surface area contributed by atoms with Crippen molar-refractivity contribution < 1.29 is 23.5 Å². The number of rotatable bonds is 7. The van der Waals surface area contributed by atoms with Crippen LogP contribution in [0.3, 0.4) is 0 Å². The van der Waals surface area contributed by atoms with Gasteiger partial charge in [0.25, 0.3) is 5.91 Å². The Labute approximate surface area is 199 Å².